The lowest BCUT2D eigenvalue weighted by molar-refractivity contribution is -0.142. The van der Waals surface area contributed by atoms with Crippen LogP contribution in [0.15, 0.2) is 17.5 Å². The predicted molar refractivity (Wildman–Crippen MR) is 64.5 cm³/mol. The van der Waals surface area contributed by atoms with E-state index in [1.807, 2.05) is 0 Å². The molecule has 0 saturated heterocycles. The summed E-state index contributed by atoms with van der Waals surface area (Å²) in [4.78, 5) is 12.1. The van der Waals surface area contributed by atoms with E-state index in [1.165, 1.54) is 4.88 Å². The molecule has 16 heavy (non-hydrogen) atoms. The number of carboxylic acids is 1. The van der Waals surface area contributed by atoms with Gasteiger partial charge in [0.05, 0.1) is 5.92 Å². The highest BCUT2D eigenvalue weighted by Gasteiger charge is 2.25. The zero-order valence-corrected chi connectivity index (χ0v) is 10.0. The minimum Gasteiger partial charge on any atom is -0.481 e. The molecule has 0 radical (unpaired) electrons. The number of nitrogens with one attached hydrogen (secondary N) is 1. The van der Waals surface area contributed by atoms with E-state index in [4.69, 9.17) is 5.11 Å². The molecule has 1 aromatic rings. The molecule has 4 heteroatoms. The second-order valence-corrected chi connectivity index (χ2v) is 5.38. The summed E-state index contributed by atoms with van der Waals surface area (Å²) in [7, 11) is 0. The summed E-state index contributed by atoms with van der Waals surface area (Å²) in [6.07, 6.45) is 3.61. The number of hydrogen-bond acceptors (Lipinski definition) is 3. The van der Waals surface area contributed by atoms with E-state index in [-0.39, 0.29) is 5.92 Å². The van der Waals surface area contributed by atoms with Gasteiger partial charge in [-0.15, -0.1) is 11.3 Å². The van der Waals surface area contributed by atoms with E-state index in [0.29, 0.717) is 6.04 Å². The number of hydrogen-bond donors (Lipinski definition) is 2. The first-order chi connectivity index (χ1) is 7.75. The minimum atomic E-state index is -0.628. The highest BCUT2D eigenvalue weighted by atomic mass is 32.1. The van der Waals surface area contributed by atoms with Gasteiger partial charge in [-0.25, -0.2) is 0 Å². The second-order valence-electron chi connectivity index (χ2n) is 4.35. The smallest absolute Gasteiger partial charge is 0.306 e. The maximum absolute atomic E-state index is 10.8. The highest BCUT2D eigenvalue weighted by Crippen LogP contribution is 2.24. The molecule has 0 spiro atoms. The van der Waals surface area contributed by atoms with E-state index >= 15 is 0 Å². The standard InChI is InChI=1S/C12H17NO2S/c14-12(15)9-3-5-10(6-4-9)13-8-11-2-1-7-16-11/h1-2,7,9-10,13H,3-6,8H2,(H,14,15). The van der Waals surface area contributed by atoms with Crippen LogP contribution in [0.2, 0.25) is 0 Å². The molecule has 0 atom stereocenters. The topological polar surface area (TPSA) is 49.3 Å². The first kappa shape index (κ1) is 11.6. The van der Waals surface area contributed by atoms with E-state index in [1.54, 1.807) is 11.3 Å². The number of thiophene rings is 1. The Hall–Kier alpha value is -0.870. The third-order valence-corrected chi connectivity index (χ3v) is 4.10. The van der Waals surface area contributed by atoms with Crippen molar-refractivity contribution >= 4 is 17.3 Å². The van der Waals surface area contributed by atoms with Crippen molar-refractivity contribution in [3.05, 3.63) is 22.4 Å². The van der Waals surface area contributed by atoms with Crippen molar-refractivity contribution in [3.63, 3.8) is 0 Å². The van der Waals surface area contributed by atoms with E-state index in [2.05, 4.69) is 22.8 Å². The first-order valence-electron chi connectivity index (χ1n) is 5.74. The third-order valence-electron chi connectivity index (χ3n) is 3.22. The monoisotopic (exact) mass is 239 g/mol. The molecule has 88 valence electrons. The molecule has 1 heterocycles. The summed E-state index contributed by atoms with van der Waals surface area (Å²) in [5.74, 6) is -0.739. The van der Waals surface area contributed by atoms with Crippen LogP contribution in [0.3, 0.4) is 0 Å². The van der Waals surface area contributed by atoms with Crippen molar-refractivity contribution < 1.29 is 9.90 Å². The molecule has 0 amide bonds. The number of carboxylic acid groups (broad SMARTS) is 1. The summed E-state index contributed by atoms with van der Waals surface area (Å²) < 4.78 is 0. The Bertz CT molecular complexity index is 329. The van der Waals surface area contributed by atoms with Crippen molar-refractivity contribution in [1.82, 2.24) is 5.32 Å². The average molecular weight is 239 g/mol. The first-order valence-corrected chi connectivity index (χ1v) is 6.62. The van der Waals surface area contributed by atoms with Gasteiger partial charge in [0, 0.05) is 17.5 Å². The van der Waals surface area contributed by atoms with Crippen LogP contribution in [0.5, 0.6) is 0 Å². The van der Waals surface area contributed by atoms with Crippen molar-refractivity contribution in [1.29, 1.82) is 0 Å². The molecule has 0 bridgehead atoms. The molecule has 0 aliphatic heterocycles. The Balaban J connectivity index is 1.71. The van der Waals surface area contributed by atoms with Crippen LogP contribution >= 0.6 is 11.3 Å². The third kappa shape index (κ3) is 3.06. The summed E-state index contributed by atoms with van der Waals surface area (Å²) in [6.45, 7) is 0.917. The minimum absolute atomic E-state index is 0.111. The molecule has 1 aliphatic rings. The summed E-state index contributed by atoms with van der Waals surface area (Å²) >= 11 is 1.76. The van der Waals surface area contributed by atoms with Crippen LogP contribution in [0.4, 0.5) is 0 Å². The molecule has 1 aromatic heterocycles. The molecular weight excluding hydrogens is 222 g/mol. The molecule has 0 unspecified atom stereocenters. The zero-order chi connectivity index (χ0) is 11.4. The fraction of sp³-hybridized carbons (Fsp3) is 0.583. The molecule has 2 rings (SSSR count). The van der Waals surface area contributed by atoms with Gasteiger partial charge in [-0.3, -0.25) is 4.79 Å². The van der Waals surface area contributed by atoms with Gasteiger partial charge in [-0.05, 0) is 37.1 Å². The molecule has 1 saturated carbocycles. The van der Waals surface area contributed by atoms with Crippen LogP contribution < -0.4 is 5.32 Å². The second kappa shape index (κ2) is 5.46. The quantitative estimate of drug-likeness (QED) is 0.848. The lowest BCUT2D eigenvalue weighted by Crippen LogP contribution is -2.34. The van der Waals surface area contributed by atoms with Gasteiger partial charge >= 0.3 is 5.97 Å². The normalized spacial score (nSPS) is 25.5. The number of aliphatic carboxylic acids is 1. The lowest BCUT2D eigenvalue weighted by atomic mass is 9.86. The summed E-state index contributed by atoms with van der Waals surface area (Å²) in [6, 6.07) is 4.68. The maximum atomic E-state index is 10.8. The Morgan fingerprint density at radius 3 is 2.75 bits per heavy atom. The predicted octanol–water partition coefficient (Wildman–Crippen LogP) is 2.48. The van der Waals surface area contributed by atoms with Crippen molar-refractivity contribution in [2.45, 2.75) is 38.3 Å². The Morgan fingerprint density at radius 1 is 1.44 bits per heavy atom. The van der Waals surface area contributed by atoms with Gasteiger partial charge in [-0.1, -0.05) is 6.07 Å². The molecule has 1 aliphatic carbocycles. The van der Waals surface area contributed by atoms with Gasteiger partial charge in [0.25, 0.3) is 0 Å². The molecule has 3 nitrogen and oxygen atoms in total. The van der Waals surface area contributed by atoms with Gasteiger partial charge in [0.1, 0.15) is 0 Å². The van der Waals surface area contributed by atoms with Crippen molar-refractivity contribution in [3.8, 4) is 0 Å². The van der Waals surface area contributed by atoms with Gasteiger partial charge < -0.3 is 10.4 Å². The maximum Gasteiger partial charge on any atom is 0.306 e. The van der Waals surface area contributed by atoms with E-state index < -0.39 is 5.97 Å². The molecule has 2 N–H and O–H groups in total. The van der Waals surface area contributed by atoms with Crippen LogP contribution in [0.25, 0.3) is 0 Å². The van der Waals surface area contributed by atoms with Crippen molar-refractivity contribution in [2.24, 2.45) is 5.92 Å². The SMILES string of the molecule is O=C(O)C1CCC(NCc2cccs2)CC1. The van der Waals surface area contributed by atoms with Crippen LogP contribution in [0.1, 0.15) is 30.6 Å². The highest BCUT2D eigenvalue weighted by molar-refractivity contribution is 7.09. The van der Waals surface area contributed by atoms with E-state index in [9.17, 15) is 4.79 Å². The Labute approximate surface area is 99.5 Å². The number of rotatable bonds is 4. The average Bonchev–Trinajstić information content (AvgIpc) is 2.80. The Kier molecular flexibility index (Phi) is 3.96. The fourth-order valence-corrected chi connectivity index (χ4v) is 2.86. The van der Waals surface area contributed by atoms with Gasteiger partial charge in [0.15, 0.2) is 0 Å². The number of carbonyl (C=O) groups is 1. The fourth-order valence-electron chi connectivity index (χ4n) is 2.20. The van der Waals surface area contributed by atoms with Crippen LogP contribution in [0, 0.1) is 5.92 Å². The summed E-state index contributed by atoms with van der Waals surface area (Å²) in [5, 5.41) is 14.5. The van der Waals surface area contributed by atoms with Crippen LogP contribution in [-0.2, 0) is 11.3 Å². The van der Waals surface area contributed by atoms with Gasteiger partial charge in [-0.2, -0.15) is 0 Å². The molecular formula is C12H17NO2S. The van der Waals surface area contributed by atoms with Gasteiger partial charge in [0.2, 0.25) is 0 Å². The lowest BCUT2D eigenvalue weighted by Gasteiger charge is -2.26. The van der Waals surface area contributed by atoms with Crippen LogP contribution in [-0.4, -0.2) is 17.1 Å². The molecule has 0 aromatic carbocycles. The Morgan fingerprint density at radius 2 is 2.19 bits per heavy atom. The van der Waals surface area contributed by atoms with Crippen molar-refractivity contribution in [2.75, 3.05) is 0 Å². The zero-order valence-electron chi connectivity index (χ0n) is 9.19. The molecule has 1 fully saturated rings. The largest absolute Gasteiger partial charge is 0.481 e. The summed E-state index contributed by atoms with van der Waals surface area (Å²) in [5.41, 5.74) is 0. The van der Waals surface area contributed by atoms with E-state index in [0.717, 1.165) is 32.2 Å².